The van der Waals surface area contributed by atoms with Gasteiger partial charge in [-0.3, -0.25) is 0 Å². The van der Waals surface area contributed by atoms with Gasteiger partial charge in [0.2, 0.25) is 0 Å². The van der Waals surface area contributed by atoms with Gasteiger partial charge >= 0.3 is 0 Å². The fourth-order valence-electron chi connectivity index (χ4n) is 3.07. The Kier molecular flexibility index (Phi) is 4.62. The predicted molar refractivity (Wildman–Crippen MR) is 68.7 cm³/mol. The molecule has 0 aromatic rings. The number of rotatable bonds is 3. The summed E-state index contributed by atoms with van der Waals surface area (Å²) in [4.78, 5) is 5.07. The number of hydrogen-bond donors (Lipinski definition) is 1. The Balaban J connectivity index is 1.72. The molecule has 3 nitrogen and oxygen atoms in total. The van der Waals surface area contributed by atoms with Gasteiger partial charge in [-0.05, 0) is 71.9 Å². The van der Waals surface area contributed by atoms with Crippen LogP contribution in [0.5, 0.6) is 0 Å². The van der Waals surface area contributed by atoms with Crippen LogP contribution in [-0.4, -0.2) is 62.7 Å². The van der Waals surface area contributed by atoms with Crippen molar-refractivity contribution in [2.75, 3.05) is 46.8 Å². The molecular formula is C13H27N3. The van der Waals surface area contributed by atoms with Gasteiger partial charge < -0.3 is 15.1 Å². The number of hydrogen-bond acceptors (Lipinski definition) is 3. The fourth-order valence-corrected chi connectivity index (χ4v) is 3.07. The smallest absolute Gasteiger partial charge is 0.0117 e. The summed E-state index contributed by atoms with van der Waals surface area (Å²) >= 11 is 0. The maximum Gasteiger partial charge on any atom is 0.0117 e. The van der Waals surface area contributed by atoms with Crippen molar-refractivity contribution < 1.29 is 0 Å². The molecule has 2 saturated heterocycles. The van der Waals surface area contributed by atoms with Crippen molar-refractivity contribution in [1.82, 2.24) is 15.1 Å². The number of nitrogens with one attached hydrogen (secondary N) is 1. The third-order valence-electron chi connectivity index (χ3n) is 4.26. The predicted octanol–water partition coefficient (Wildman–Crippen LogP) is 1.01. The van der Waals surface area contributed by atoms with E-state index in [1.54, 1.807) is 0 Å². The van der Waals surface area contributed by atoms with Gasteiger partial charge in [0.25, 0.3) is 0 Å². The normalized spacial score (nSPS) is 29.8. The first-order chi connectivity index (χ1) is 7.75. The summed E-state index contributed by atoms with van der Waals surface area (Å²) in [5, 5.41) is 3.52. The van der Waals surface area contributed by atoms with Gasteiger partial charge in [0.15, 0.2) is 0 Å². The van der Waals surface area contributed by atoms with E-state index < -0.39 is 0 Å². The molecule has 2 heterocycles. The Labute approximate surface area is 100 Å². The van der Waals surface area contributed by atoms with Gasteiger partial charge in [0.1, 0.15) is 0 Å². The first-order valence-electron chi connectivity index (χ1n) is 6.85. The first kappa shape index (κ1) is 12.3. The molecule has 2 aliphatic heterocycles. The zero-order valence-electron chi connectivity index (χ0n) is 10.9. The second kappa shape index (κ2) is 5.99. The van der Waals surface area contributed by atoms with Crippen molar-refractivity contribution in [2.24, 2.45) is 5.92 Å². The zero-order valence-corrected chi connectivity index (χ0v) is 10.9. The van der Waals surface area contributed by atoms with Crippen LogP contribution in [0.25, 0.3) is 0 Å². The summed E-state index contributed by atoms with van der Waals surface area (Å²) in [5.74, 6) is 0.887. The van der Waals surface area contributed by atoms with Gasteiger partial charge in [-0.15, -0.1) is 0 Å². The van der Waals surface area contributed by atoms with Crippen molar-refractivity contribution in [1.29, 1.82) is 0 Å². The minimum atomic E-state index is 0.832. The van der Waals surface area contributed by atoms with E-state index in [0.717, 1.165) is 12.0 Å². The Morgan fingerprint density at radius 1 is 1.25 bits per heavy atom. The third kappa shape index (κ3) is 3.44. The highest BCUT2D eigenvalue weighted by molar-refractivity contribution is 4.79. The highest BCUT2D eigenvalue weighted by Crippen LogP contribution is 2.18. The SMILES string of the molecule is CN1CCC(N(C)C[C@@H]2CCCNC2)CC1. The summed E-state index contributed by atoms with van der Waals surface area (Å²) in [6, 6.07) is 0.832. The second-order valence-corrected chi connectivity index (χ2v) is 5.69. The van der Waals surface area contributed by atoms with Gasteiger partial charge in [0.05, 0.1) is 0 Å². The summed E-state index contributed by atoms with van der Waals surface area (Å²) in [5.41, 5.74) is 0. The van der Waals surface area contributed by atoms with Crippen molar-refractivity contribution in [2.45, 2.75) is 31.7 Å². The minimum Gasteiger partial charge on any atom is -0.316 e. The molecule has 0 radical (unpaired) electrons. The lowest BCUT2D eigenvalue weighted by Gasteiger charge is -2.37. The molecule has 2 fully saturated rings. The third-order valence-corrected chi connectivity index (χ3v) is 4.26. The molecule has 0 aromatic heterocycles. The quantitative estimate of drug-likeness (QED) is 0.773. The molecule has 0 saturated carbocycles. The molecule has 0 unspecified atom stereocenters. The van der Waals surface area contributed by atoms with Crippen LogP contribution in [-0.2, 0) is 0 Å². The minimum absolute atomic E-state index is 0.832. The average molecular weight is 225 g/mol. The summed E-state index contributed by atoms with van der Waals surface area (Å²) in [7, 11) is 4.56. The molecule has 0 amide bonds. The van der Waals surface area contributed by atoms with E-state index >= 15 is 0 Å². The average Bonchev–Trinajstić information content (AvgIpc) is 2.31. The van der Waals surface area contributed by atoms with Crippen molar-refractivity contribution in [3.8, 4) is 0 Å². The summed E-state index contributed by atoms with van der Waals surface area (Å²) < 4.78 is 0. The summed E-state index contributed by atoms with van der Waals surface area (Å²) in [6.07, 6.45) is 5.50. The maximum absolute atomic E-state index is 3.52. The molecule has 0 aliphatic carbocycles. The number of likely N-dealkylation sites (tertiary alicyclic amines) is 1. The fraction of sp³-hybridized carbons (Fsp3) is 1.00. The van der Waals surface area contributed by atoms with Crippen LogP contribution in [0.3, 0.4) is 0 Å². The van der Waals surface area contributed by atoms with Crippen LogP contribution in [0.15, 0.2) is 0 Å². The lowest BCUT2D eigenvalue weighted by Crippen LogP contribution is -2.45. The van der Waals surface area contributed by atoms with E-state index in [9.17, 15) is 0 Å². The molecular weight excluding hydrogens is 198 g/mol. The Morgan fingerprint density at radius 3 is 2.62 bits per heavy atom. The molecule has 1 N–H and O–H groups in total. The molecule has 0 bridgehead atoms. The van der Waals surface area contributed by atoms with E-state index in [1.165, 1.54) is 58.4 Å². The van der Waals surface area contributed by atoms with Gasteiger partial charge in [-0.25, -0.2) is 0 Å². The van der Waals surface area contributed by atoms with Crippen LogP contribution in [0.1, 0.15) is 25.7 Å². The summed E-state index contributed by atoms with van der Waals surface area (Å²) in [6.45, 7) is 6.31. The maximum atomic E-state index is 3.52. The van der Waals surface area contributed by atoms with E-state index in [1.807, 2.05) is 0 Å². The molecule has 1 atom stereocenters. The highest BCUT2D eigenvalue weighted by atomic mass is 15.2. The Hall–Kier alpha value is -0.120. The highest BCUT2D eigenvalue weighted by Gasteiger charge is 2.23. The van der Waals surface area contributed by atoms with Gasteiger partial charge in [0, 0.05) is 12.6 Å². The van der Waals surface area contributed by atoms with Crippen LogP contribution < -0.4 is 5.32 Å². The molecule has 2 aliphatic rings. The zero-order chi connectivity index (χ0) is 11.4. The standard InChI is InChI=1S/C13H27N3/c1-15-8-5-13(6-9-15)16(2)11-12-4-3-7-14-10-12/h12-14H,3-11H2,1-2H3/t12-/m1/s1. The van der Waals surface area contributed by atoms with Crippen LogP contribution >= 0.6 is 0 Å². The van der Waals surface area contributed by atoms with Crippen molar-refractivity contribution >= 4 is 0 Å². The number of piperidine rings is 2. The molecule has 3 heteroatoms. The van der Waals surface area contributed by atoms with Crippen LogP contribution in [0.4, 0.5) is 0 Å². The molecule has 16 heavy (non-hydrogen) atoms. The molecule has 0 aromatic carbocycles. The van der Waals surface area contributed by atoms with Gasteiger partial charge in [-0.1, -0.05) is 0 Å². The van der Waals surface area contributed by atoms with Gasteiger partial charge in [-0.2, -0.15) is 0 Å². The lowest BCUT2D eigenvalue weighted by atomic mass is 9.97. The van der Waals surface area contributed by atoms with Crippen molar-refractivity contribution in [3.63, 3.8) is 0 Å². The van der Waals surface area contributed by atoms with E-state index in [0.29, 0.717) is 0 Å². The number of nitrogens with zero attached hydrogens (tertiary/aromatic N) is 2. The van der Waals surface area contributed by atoms with Crippen LogP contribution in [0.2, 0.25) is 0 Å². The first-order valence-corrected chi connectivity index (χ1v) is 6.85. The monoisotopic (exact) mass is 225 g/mol. The van der Waals surface area contributed by atoms with Crippen LogP contribution in [0, 0.1) is 5.92 Å². The molecule has 2 rings (SSSR count). The molecule has 0 spiro atoms. The lowest BCUT2D eigenvalue weighted by molar-refractivity contribution is 0.123. The van der Waals surface area contributed by atoms with Crippen molar-refractivity contribution in [3.05, 3.63) is 0 Å². The largest absolute Gasteiger partial charge is 0.316 e. The Morgan fingerprint density at radius 2 is 2.00 bits per heavy atom. The van der Waals surface area contributed by atoms with E-state index in [4.69, 9.17) is 0 Å². The second-order valence-electron chi connectivity index (χ2n) is 5.69. The Bertz CT molecular complexity index is 193. The topological polar surface area (TPSA) is 18.5 Å². The molecule has 94 valence electrons. The van der Waals surface area contributed by atoms with E-state index in [-0.39, 0.29) is 0 Å². The van der Waals surface area contributed by atoms with E-state index in [2.05, 4.69) is 29.2 Å².